The number of aliphatic imine (C=N–C) groups is 1. The van der Waals surface area contributed by atoms with E-state index in [9.17, 15) is 0 Å². The average molecular weight is 179 g/mol. The molecule has 13 heavy (non-hydrogen) atoms. The van der Waals surface area contributed by atoms with Gasteiger partial charge in [-0.15, -0.1) is 0 Å². The molecule has 3 nitrogen and oxygen atoms in total. The van der Waals surface area contributed by atoms with E-state index in [1.165, 1.54) is 0 Å². The van der Waals surface area contributed by atoms with Gasteiger partial charge in [0.1, 0.15) is 5.54 Å². The minimum absolute atomic E-state index is 0.0401. The lowest BCUT2D eigenvalue weighted by atomic mass is 9.76. The van der Waals surface area contributed by atoms with Crippen LogP contribution in [0.2, 0.25) is 0 Å². The van der Waals surface area contributed by atoms with Crippen molar-refractivity contribution in [3.63, 3.8) is 0 Å². The molecule has 0 fully saturated rings. The van der Waals surface area contributed by atoms with Gasteiger partial charge in [-0.25, -0.2) is 0 Å². The van der Waals surface area contributed by atoms with Crippen LogP contribution in [-0.2, 0) is 0 Å². The van der Waals surface area contributed by atoms with Crippen molar-refractivity contribution in [2.24, 2.45) is 20.6 Å². The Kier molecular flexibility index (Phi) is 2.37. The summed E-state index contributed by atoms with van der Waals surface area (Å²) in [6.07, 6.45) is 3.60. The molecular weight excluding hydrogens is 162 g/mol. The monoisotopic (exact) mass is 179 g/mol. The topological polar surface area (TPSA) is 37.1 Å². The van der Waals surface area contributed by atoms with Gasteiger partial charge in [0.15, 0.2) is 0 Å². The molecule has 1 rings (SSSR count). The largest absolute Gasteiger partial charge is 0.264 e. The molecule has 0 aromatic heterocycles. The maximum atomic E-state index is 4.31. The molecule has 72 valence electrons. The molecule has 3 heteroatoms. The Balaban J connectivity index is 3.03. The second-order valence-corrected chi connectivity index (χ2v) is 4.65. The van der Waals surface area contributed by atoms with Crippen molar-refractivity contribution < 1.29 is 0 Å². The predicted octanol–water partition coefficient (Wildman–Crippen LogP) is 3.19. The molecule has 0 N–H and O–H groups in total. The summed E-state index contributed by atoms with van der Waals surface area (Å²) in [5.74, 6) is 0. The SMILES string of the molecule is CC1=CN=CC(C)(C(C)(C)C)N=N1. The Morgan fingerprint density at radius 1 is 1.31 bits per heavy atom. The van der Waals surface area contributed by atoms with Crippen molar-refractivity contribution in [3.8, 4) is 0 Å². The quantitative estimate of drug-likeness (QED) is 0.547. The fraction of sp³-hybridized carbons (Fsp3) is 0.700. The van der Waals surface area contributed by atoms with E-state index in [1.54, 1.807) is 6.20 Å². The molecule has 0 aromatic carbocycles. The Hall–Kier alpha value is -0.990. The summed E-state index contributed by atoms with van der Waals surface area (Å²) in [6, 6.07) is 0. The zero-order chi connectivity index (χ0) is 10.1. The molecule has 1 heterocycles. The maximum Gasteiger partial charge on any atom is 0.119 e. The van der Waals surface area contributed by atoms with E-state index >= 15 is 0 Å². The molecule has 0 saturated heterocycles. The Labute approximate surface area is 79.7 Å². The summed E-state index contributed by atoms with van der Waals surface area (Å²) in [6.45, 7) is 10.4. The van der Waals surface area contributed by atoms with E-state index in [-0.39, 0.29) is 11.0 Å². The Morgan fingerprint density at radius 2 is 1.92 bits per heavy atom. The van der Waals surface area contributed by atoms with Crippen LogP contribution in [0.3, 0.4) is 0 Å². The van der Waals surface area contributed by atoms with Gasteiger partial charge in [0, 0.05) is 12.4 Å². The van der Waals surface area contributed by atoms with Crippen LogP contribution in [0.25, 0.3) is 0 Å². The molecule has 0 aromatic rings. The number of rotatable bonds is 0. The van der Waals surface area contributed by atoms with Crippen LogP contribution in [0.4, 0.5) is 0 Å². The smallest absolute Gasteiger partial charge is 0.119 e. The third-order valence-corrected chi connectivity index (χ3v) is 2.52. The van der Waals surface area contributed by atoms with Crippen LogP contribution in [0.15, 0.2) is 27.1 Å². The molecule has 0 radical (unpaired) electrons. The van der Waals surface area contributed by atoms with Crippen LogP contribution in [0.5, 0.6) is 0 Å². The van der Waals surface area contributed by atoms with Gasteiger partial charge in [0.2, 0.25) is 0 Å². The lowest BCUT2D eigenvalue weighted by Gasteiger charge is -2.33. The summed E-state index contributed by atoms with van der Waals surface area (Å²) >= 11 is 0. The number of azo groups is 1. The van der Waals surface area contributed by atoms with Gasteiger partial charge >= 0.3 is 0 Å². The van der Waals surface area contributed by atoms with Gasteiger partial charge < -0.3 is 0 Å². The fourth-order valence-electron chi connectivity index (χ4n) is 0.868. The summed E-state index contributed by atoms with van der Waals surface area (Å²) in [5, 5.41) is 8.42. The van der Waals surface area contributed by atoms with Crippen molar-refractivity contribution in [2.75, 3.05) is 0 Å². The molecule has 1 atom stereocenters. The van der Waals surface area contributed by atoms with E-state index in [1.807, 2.05) is 20.1 Å². The second kappa shape index (κ2) is 3.05. The lowest BCUT2D eigenvalue weighted by Crippen LogP contribution is -2.39. The third-order valence-electron chi connectivity index (χ3n) is 2.52. The minimum atomic E-state index is -0.304. The number of nitrogens with zero attached hydrogens (tertiary/aromatic N) is 3. The van der Waals surface area contributed by atoms with Gasteiger partial charge in [0.05, 0.1) is 5.70 Å². The fourth-order valence-corrected chi connectivity index (χ4v) is 0.868. The van der Waals surface area contributed by atoms with Crippen molar-refractivity contribution in [3.05, 3.63) is 11.9 Å². The normalized spacial score (nSPS) is 28.5. The van der Waals surface area contributed by atoms with Crippen molar-refractivity contribution in [1.29, 1.82) is 0 Å². The van der Waals surface area contributed by atoms with E-state index in [0.717, 1.165) is 5.70 Å². The average Bonchev–Trinajstić information content (AvgIpc) is 2.13. The summed E-state index contributed by atoms with van der Waals surface area (Å²) in [4.78, 5) is 4.20. The van der Waals surface area contributed by atoms with Crippen molar-refractivity contribution in [2.45, 2.75) is 40.2 Å². The van der Waals surface area contributed by atoms with Gasteiger partial charge in [-0.05, 0) is 19.3 Å². The molecule has 0 saturated carbocycles. The molecule has 0 spiro atoms. The van der Waals surface area contributed by atoms with Crippen LogP contribution < -0.4 is 0 Å². The molecular formula is C10H17N3. The first-order valence-corrected chi connectivity index (χ1v) is 4.49. The first-order valence-electron chi connectivity index (χ1n) is 4.49. The number of hydrogen-bond donors (Lipinski definition) is 0. The van der Waals surface area contributed by atoms with Crippen molar-refractivity contribution >= 4 is 6.21 Å². The Bertz CT molecular complexity index is 281. The number of allylic oxidation sites excluding steroid dienone is 1. The molecule has 1 aliphatic rings. The zero-order valence-electron chi connectivity index (χ0n) is 9.00. The predicted molar refractivity (Wildman–Crippen MR) is 55.0 cm³/mol. The van der Waals surface area contributed by atoms with Crippen LogP contribution in [0, 0.1) is 5.41 Å². The minimum Gasteiger partial charge on any atom is -0.264 e. The maximum absolute atomic E-state index is 4.31. The molecule has 0 amide bonds. The van der Waals surface area contributed by atoms with E-state index < -0.39 is 0 Å². The highest BCUT2D eigenvalue weighted by molar-refractivity contribution is 5.72. The van der Waals surface area contributed by atoms with Crippen LogP contribution in [0.1, 0.15) is 34.6 Å². The first kappa shape index (κ1) is 10.1. The van der Waals surface area contributed by atoms with Gasteiger partial charge in [0.25, 0.3) is 0 Å². The van der Waals surface area contributed by atoms with Crippen LogP contribution >= 0.6 is 0 Å². The summed E-state index contributed by atoms with van der Waals surface area (Å²) in [7, 11) is 0. The highest BCUT2D eigenvalue weighted by Gasteiger charge is 2.36. The summed E-state index contributed by atoms with van der Waals surface area (Å²) in [5.41, 5.74) is 0.587. The van der Waals surface area contributed by atoms with Gasteiger partial charge in [-0.3, -0.25) is 4.99 Å². The van der Waals surface area contributed by atoms with Gasteiger partial charge in [-0.2, -0.15) is 10.2 Å². The highest BCUT2D eigenvalue weighted by Crippen LogP contribution is 2.33. The van der Waals surface area contributed by atoms with E-state index in [2.05, 4.69) is 36.0 Å². The molecule has 0 aliphatic carbocycles. The second-order valence-electron chi connectivity index (χ2n) is 4.65. The number of hydrogen-bond acceptors (Lipinski definition) is 3. The molecule has 0 bridgehead atoms. The van der Waals surface area contributed by atoms with Gasteiger partial charge in [-0.1, -0.05) is 20.8 Å². The highest BCUT2D eigenvalue weighted by atomic mass is 15.2. The van der Waals surface area contributed by atoms with Crippen molar-refractivity contribution in [1.82, 2.24) is 0 Å². The lowest BCUT2D eigenvalue weighted by molar-refractivity contribution is 0.281. The molecule has 1 unspecified atom stereocenters. The summed E-state index contributed by atoms with van der Waals surface area (Å²) < 4.78 is 0. The standard InChI is InChI=1S/C10H17N3/c1-8-6-11-7-10(5,13-12-8)9(2,3)4/h6-7H,1-5H3. The molecule has 1 aliphatic heterocycles. The Morgan fingerprint density at radius 3 is 2.46 bits per heavy atom. The van der Waals surface area contributed by atoms with Crippen LogP contribution in [-0.4, -0.2) is 11.8 Å². The first-order chi connectivity index (χ1) is 5.85. The third kappa shape index (κ3) is 2.02. The van der Waals surface area contributed by atoms with E-state index in [4.69, 9.17) is 0 Å². The van der Waals surface area contributed by atoms with E-state index in [0.29, 0.717) is 0 Å². The zero-order valence-corrected chi connectivity index (χ0v) is 9.00.